The van der Waals surface area contributed by atoms with Crippen molar-refractivity contribution in [2.75, 3.05) is 10.0 Å². The van der Waals surface area contributed by atoms with Crippen molar-refractivity contribution in [3.05, 3.63) is 83.7 Å². The van der Waals surface area contributed by atoms with Crippen LogP contribution in [0.25, 0.3) is 0 Å². The largest absolute Gasteiger partial charge is 0.325 e. The van der Waals surface area contributed by atoms with Crippen molar-refractivity contribution < 1.29 is 26.0 Å². The van der Waals surface area contributed by atoms with Crippen LogP contribution in [0.4, 0.5) is 15.8 Å². The number of nitrogens with one attached hydrogen (secondary N) is 2. The fourth-order valence-electron chi connectivity index (χ4n) is 3.10. The van der Waals surface area contributed by atoms with Gasteiger partial charge in [-0.1, -0.05) is 18.2 Å². The van der Waals surface area contributed by atoms with Gasteiger partial charge in [0.25, 0.3) is 10.0 Å². The summed E-state index contributed by atoms with van der Waals surface area (Å²) in [5, 5.41) is 1.02. The topological polar surface area (TPSA) is 109 Å². The number of hydrogen-bond acceptors (Lipinski definition) is 5. The lowest BCUT2D eigenvalue weighted by atomic mass is 10.1. The maximum atomic E-state index is 13.1. The quantitative estimate of drug-likeness (QED) is 0.486. The Morgan fingerprint density at radius 1 is 0.818 bits per heavy atom. The van der Waals surface area contributed by atoms with E-state index in [1.54, 1.807) is 26.0 Å². The third-order valence-corrected chi connectivity index (χ3v) is 8.57. The minimum Gasteiger partial charge on any atom is -0.325 e. The van der Waals surface area contributed by atoms with E-state index in [0.717, 1.165) is 35.4 Å². The van der Waals surface area contributed by atoms with Gasteiger partial charge in [0, 0.05) is 5.69 Å². The summed E-state index contributed by atoms with van der Waals surface area (Å²) in [6.07, 6.45) is 0. The molecule has 0 radical (unpaired) electrons. The molecule has 3 rings (SSSR count). The van der Waals surface area contributed by atoms with Gasteiger partial charge in [-0.25, -0.2) is 21.2 Å². The number of carbonyl (C=O) groups excluding carboxylic acids is 1. The second-order valence-electron chi connectivity index (χ2n) is 7.53. The third-order valence-electron chi connectivity index (χ3n) is 5.13. The number of amides is 1. The number of aryl methyl sites for hydroxylation is 2. The van der Waals surface area contributed by atoms with E-state index in [0.29, 0.717) is 5.69 Å². The molecule has 0 aromatic heterocycles. The molecular weight excluding hydrogens is 467 g/mol. The van der Waals surface area contributed by atoms with Gasteiger partial charge in [-0.2, -0.15) is 0 Å². The van der Waals surface area contributed by atoms with Gasteiger partial charge in [-0.15, -0.1) is 0 Å². The summed E-state index contributed by atoms with van der Waals surface area (Å²) in [6, 6.07) is 15.0. The summed E-state index contributed by atoms with van der Waals surface area (Å²) in [5.41, 5.74) is 2.28. The van der Waals surface area contributed by atoms with Crippen molar-refractivity contribution >= 4 is 37.1 Å². The van der Waals surface area contributed by atoms with Crippen LogP contribution in [0.15, 0.2) is 76.5 Å². The lowest BCUT2D eigenvalue weighted by molar-refractivity contribution is -0.115. The van der Waals surface area contributed by atoms with Gasteiger partial charge in [0.1, 0.15) is 11.1 Å². The summed E-state index contributed by atoms with van der Waals surface area (Å²) < 4.78 is 66.4. The van der Waals surface area contributed by atoms with Crippen molar-refractivity contribution in [1.29, 1.82) is 0 Å². The number of rotatable bonds is 7. The standard InChI is InChI=1S/C23H23FN2O5S2/c1-15-5-4-6-16(2)22(15)26-33(30,31)21-13-9-19(10-14-21)25-23(27)17(3)32(28,29)20-11-7-18(24)8-12-20/h4-14,17,26H,1-3H3,(H,25,27). The van der Waals surface area contributed by atoms with Crippen LogP contribution in [-0.2, 0) is 24.7 Å². The van der Waals surface area contributed by atoms with Gasteiger partial charge in [0.05, 0.1) is 15.5 Å². The average Bonchev–Trinajstić information content (AvgIpc) is 2.76. The first-order valence-electron chi connectivity index (χ1n) is 9.91. The highest BCUT2D eigenvalue weighted by atomic mass is 32.2. The molecular formula is C23H23FN2O5S2. The zero-order valence-electron chi connectivity index (χ0n) is 18.2. The maximum absolute atomic E-state index is 13.1. The minimum atomic E-state index is -4.03. The Morgan fingerprint density at radius 3 is 1.88 bits per heavy atom. The van der Waals surface area contributed by atoms with Crippen LogP contribution in [0.1, 0.15) is 18.1 Å². The highest BCUT2D eigenvalue weighted by Crippen LogP contribution is 2.24. The smallest absolute Gasteiger partial charge is 0.261 e. The molecule has 3 aromatic rings. The first-order chi connectivity index (χ1) is 15.4. The van der Waals surface area contributed by atoms with E-state index in [1.807, 2.05) is 6.07 Å². The summed E-state index contributed by atoms with van der Waals surface area (Å²) >= 11 is 0. The average molecular weight is 491 g/mol. The van der Waals surface area contributed by atoms with Crippen LogP contribution in [0.2, 0.25) is 0 Å². The van der Waals surface area contributed by atoms with Gasteiger partial charge in [0.15, 0.2) is 9.84 Å². The maximum Gasteiger partial charge on any atom is 0.261 e. The lowest BCUT2D eigenvalue weighted by Crippen LogP contribution is -2.32. The second-order valence-corrected chi connectivity index (χ2v) is 11.5. The van der Waals surface area contributed by atoms with E-state index in [-0.39, 0.29) is 15.5 Å². The fraction of sp³-hybridized carbons (Fsp3) is 0.174. The fourth-order valence-corrected chi connectivity index (χ4v) is 5.57. The molecule has 0 heterocycles. The van der Waals surface area contributed by atoms with Crippen molar-refractivity contribution in [1.82, 2.24) is 0 Å². The second kappa shape index (κ2) is 9.32. The molecule has 0 saturated carbocycles. The van der Waals surface area contributed by atoms with E-state index in [1.165, 1.54) is 31.2 Å². The van der Waals surface area contributed by atoms with Crippen LogP contribution >= 0.6 is 0 Å². The molecule has 0 saturated heterocycles. The number of carbonyl (C=O) groups is 1. The minimum absolute atomic E-state index is 0.0184. The molecule has 0 bridgehead atoms. The molecule has 174 valence electrons. The number of halogens is 1. The van der Waals surface area contributed by atoms with Crippen molar-refractivity contribution in [2.45, 2.75) is 35.8 Å². The van der Waals surface area contributed by atoms with E-state index < -0.39 is 36.8 Å². The van der Waals surface area contributed by atoms with Crippen molar-refractivity contribution in [3.63, 3.8) is 0 Å². The molecule has 10 heteroatoms. The van der Waals surface area contributed by atoms with E-state index in [4.69, 9.17) is 0 Å². The lowest BCUT2D eigenvalue weighted by Gasteiger charge is -2.15. The molecule has 0 fully saturated rings. The molecule has 0 aliphatic carbocycles. The predicted octanol–water partition coefficient (Wildman–Crippen LogP) is 4.04. The van der Waals surface area contributed by atoms with E-state index >= 15 is 0 Å². The van der Waals surface area contributed by atoms with Gasteiger partial charge in [-0.3, -0.25) is 9.52 Å². The summed E-state index contributed by atoms with van der Waals surface area (Å²) in [7, 11) is -7.91. The Bertz CT molecular complexity index is 1370. The number of sulfonamides is 1. The normalized spacial score (nSPS) is 12.7. The number of benzene rings is 3. The Morgan fingerprint density at radius 2 is 1.33 bits per heavy atom. The number of para-hydroxylation sites is 1. The van der Waals surface area contributed by atoms with Gasteiger partial charge in [0.2, 0.25) is 5.91 Å². The van der Waals surface area contributed by atoms with Gasteiger partial charge in [-0.05, 0) is 80.4 Å². The predicted molar refractivity (Wildman–Crippen MR) is 125 cm³/mol. The molecule has 1 unspecified atom stereocenters. The zero-order valence-corrected chi connectivity index (χ0v) is 19.8. The van der Waals surface area contributed by atoms with E-state index in [9.17, 15) is 26.0 Å². The Hall–Kier alpha value is -3.24. The highest BCUT2D eigenvalue weighted by Gasteiger charge is 2.30. The van der Waals surface area contributed by atoms with Crippen molar-refractivity contribution in [3.8, 4) is 0 Å². The molecule has 1 amide bonds. The van der Waals surface area contributed by atoms with Crippen LogP contribution < -0.4 is 10.0 Å². The number of hydrogen-bond donors (Lipinski definition) is 2. The molecule has 2 N–H and O–H groups in total. The Labute approximate surface area is 192 Å². The van der Waals surface area contributed by atoms with Crippen LogP contribution in [-0.4, -0.2) is 28.0 Å². The Kier molecular flexibility index (Phi) is 6.89. The highest BCUT2D eigenvalue weighted by molar-refractivity contribution is 7.93. The molecule has 3 aromatic carbocycles. The van der Waals surface area contributed by atoms with Crippen LogP contribution in [0, 0.1) is 19.7 Å². The number of anilines is 2. The molecule has 0 aliphatic heterocycles. The first-order valence-corrected chi connectivity index (χ1v) is 12.9. The molecule has 0 aliphatic rings. The van der Waals surface area contributed by atoms with Crippen molar-refractivity contribution in [2.24, 2.45) is 0 Å². The molecule has 33 heavy (non-hydrogen) atoms. The van der Waals surface area contributed by atoms with Crippen LogP contribution in [0.3, 0.4) is 0 Å². The molecule has 7 nitrogen and oxygen atoms in total. The molecule has 1 atom stereocenters. The monoisotopic (exact) mass is 490 g/mol. The number of sulfone groups is 1. The van der Waals surface area contributed by atoms with Gasteiger partial charge >= 0.3 is 0 Å². The molecule has 0 spiro atoms. The van der Waals surface area contributed by atoms with Crippen LogP contribution in [0.5, 0.6) is 0 Å². The summed E-state index contributed by atoms with van der Waals surface area (Å²) in [6.45, 7) is 4.82. The zero-order chi connectivity index (χ0) is 24.4. The SMILES string of the molecule is Cc1cccc(C)c1NS(=O)(=O)c1ccc(NC(=O)C(C)S(=O)(=O)c2ccc(F)cc2)cc1. The summed E-state index contributed by atoms with van der Waals surface area (Å²) in [4.78, 5) is 12.3. The van der Waals surface area contributed by atoms with Gasteiger partial charge < -0.3 is 5.32 Å². The summed E-state index contributed by atoms with van der Waals surface area (Å²) in [5.74, 6) is -1.39. The third kappa shape index (κ3) is 5.40. The Balaban J connectivity index is 1.74. The van der Waals surface area contributed by atoms with E-state index in [2.05, 4.69) is 10.0 Å². The first kappa shape index (κ1) is 24.4.